The minimum atomic E-state index is 0.0564. The molecule has 1 unspecified atom stereocenters. The van der Waals surface area contributed by atoms with Crippen molar-refractivity contribution in [1.82, 2.24) is 4.90 Å². The van der Waals surface area contributed by atoms with E-state index in [4.69, 9.17) is 9.84 Å². The SMILES string of the molecule is COCC(C)CC(=O)N(CCO)C1CCCCC1. The largest absolute Gasteiger partial charge is 0.395 e. The normalized spacial score (nSPS) is 18.6. The lowest BCUT2D eigenvalue weighted by molar-refractivity contribution is -0.136. The van der Waals surface area contributed by atoms with Gasteiger partial charge in [-0.3, -0.25) is 4.79 Å². The number of rotatable bonds is 7. The van der Waals surface area contributed by atoms with Gasteiger partial charge in [-0.1, -0.05) is 26.2 Å². The van der Waals surface area contributed by atoms with Crippen molar-refractivity contribution in [2.24, 2.45) is 5.92 Å². The summed E-state index contributed by atoms with van der Waals surface area (Å²) < 4.78 is 5.07. The highest BCUT2D eigenvalue weighted by molar-refractivity contribution is 5.76. The molecule has 0 bridgehead atoms. The Kier molecular flexibility index (Phi) is 7.28. The summed E-state index contributed by atoms with van der Waals surface area (Å²) in [4.78, 5) is 14.2. The first-order valence-electron chi connectivity index (χ1n) is 7.08. The van der Waals surface area contributed by atoms with E-state index in [9.17, 15) is 4.79 Å². The van der Waals surface area contributed by atoms with E-state index in [-0.39, 0.29) is 18.4 Å². The number of aliphatic hydroxyl groups excluding tert-OH is 1. The van der Waals surface area contributed by atoms with Crippen molar-refractivity contribution in [2.45, 2.75) is 51.5 Å². The fraction of sp³-hybridized carbons (Fsp3) is 0.929. The molecule has 18 heavy (non-hydrogen) atoms. The highest BCUT2D eigenvalue weighted by atomic mass is 16.5. The molecule has 0 aromatic carbocycles. The molecule has 1 amide bonds. The summed E-state index contributed by atoms with van der Waals surface area (Å²) in [6.45, 7) is 3.17. The molecule has 1 rings (SSSR count). The van der Waals surface area contributed by atoms with Gasteiger partial charge in [0.15, 0.2) is 0 Å². The van der Waals surface area contributed by atoms with Crippen LogP contribution in [0.5, 0.6) is 0 Å². The number of amides is 1. The Morgan fingerprint density at radius 1 is 1.39 bits per heavy atom. The molecule has 0 spiro atoms. The van der Waals surface area contributed by atoms with Gasteiger partial charge in [0, 0.05) is 32.7 Å². The molecule has 4 nitrogen and oxygen atoms in total. The summed E-state index contributed by atoms with van der Waals surface area (Å²) >= 11 is 0. The van der Waals surface area contributed by atoms with Gasteiger partial charge in [0.05, 0.1) is 6.61 Å². The Balaban J connectivity index is 2.50. The van der Waals surface area contributed by atoms with Crippen LogP contribution in [0.1, 0.15) is 45.4 Å². The number of ether oxygens (including phenoxy) is 1. The number of carbonyl (C=O) groups is 1. The van der Waals surface area contributed by atoms with Gasteiger partial charge >= 0.3 is 0 Å². The van der Waals surface area contributed by atoms with Crippen LogP contribution in [0, 0.1) is 5.92 Å². The van der Waals surface area contributed by atoms with E-state index in [0.29, 0.717) is 25.6 Å². The molecule has 106 valence electrons. The first-order valence-corrected chi connectivity index (χ1v) is 7.08. The van der Waals surface area contributed by atoms with E-state index >= 15 is 0 Å². The standard InChI is InChI=1S/C14H27NO3/c1-12(11-18-2)10-14(17)15(8-9-16)13-6-4-3-5-7-13/h12-13,16H,3-11H2,1-2H3. The van der Waals surface area contributed by atoms with Crippen LogP contribution in [0.25, 0.3) is 0 Å². The summed E-state index contributed by atoms with van der Waals surface area (Å²) in [5.74, 6) is 0.410. The van der Waals surface area contributed by atoms with Crippen LogP contribution in [-0.2, 0) is 9.53 Å². The molecule has 0 heterocycles. The Hall–Kier alpha value is -0.610. The van der Waals surface area contributed by atoms with Crippen LogP contribution in [0.2, 0.25) is 0 Å². The number of hydrogen-bond donors (Lipinski definition) is 1. The van der Waals surface area contributed by atoms with Crippen LogP contribution < -0.4 is 0 Å². The van der Waals surface area contributed by atoms with Crippen LogP contribution in [0.3, 0.4) is 0 Å². The van der Waals surface area contributed by atoms with E-state index in [1.54, 1.807) is 7.11 Å². The smallest absolute Gasteiger partial charge is 0.223 e. The highest BCUT2D eigenvalue weighted by Crippen LogP contribution is 2.23. The van der Waals surface area contributed by atoms with Gasteiger partial charge in [-0.05, 0) is 18.8 Å². The molecule has 1 aliphatic carbocycles. The molecule has 0 radical (unpaired) electrons. The minimum absolute atomic E-state index is 0.0564. The predicted octanol–water partition coefficient (Wildman–Crippen LogP) is 1.81. The maximum atomic E-state index is 12.3. The third-order valence-corrected chi connectivity index (χ3v) is 3.65. The Labute approximate surface area is 110 Å². The Bertz CT molecular complexity index is 239. The maximum absolute atomic E-state index is 12.3. The van der Waals surface area contributed by atoms with E-state index < -0.39 is 0 Å². The number of hydrogen-bond acceptors (Lipinski definition) is 3. The van der Waals surface area contributed by atoms with Crippen molar-refractivity contribution < 1.29 is 14.6 Å². The summed E-state index contributed by atoms with van der Waals surface area (Å²) in [7, 11) is 1.66. The summed E-state index contributed by atoms with van der Waals surface area (Å²) in [6.07, 6.45) is 6.37. The molecule has 1 fully saturated rings. The van der Waals surface area contributed by atoms with Crippen LogP contribution >= 0.6 is 0 Å². The van der Waals surface area contributed by atoms with Crippen molar-refractivity contribution in [2.75, 3.05) is 26.9 Å². The van der Waals surface area contributed by atoms with Crippen molar-refractivity contribution in [1.29, 1.82) is 0 Å². The second-order valence-electron chi connectivity index (χ2n) is 5.37. The molecule has 0 aromatic heterocycles. The van der Waals surface area contributed by atoms with Gasteiger partial charge in [0.1, 0.15) is 0 Å². The van der Waals surface area contributed by atoms with Crippen LogP contribution in [0.15, 0.2) is 0 Å². The third-order valence-electron chi connectivity index (χ3n) is 3.65. The maximum Gasteiger partial charge on any atom is 0.223 e. The van der Waals surface area contributed by atoms with Crippen LogP contribution in [-0.4, -0.2) is 48.8 Å². The molecular weight excluding hydrogens is 230 g/mol. The number of aliphatic hydroxyl groups is 1. The third kappa shape index (κ3) is 4.94. The molecule has 0 saturated heterocycles. The molecule has 1 atom stereocenters. The van der Waals surface area contributed by atoms with Gasteiger partial charge in [-0.15, -0.1) is 0 Å². The first-order chi connectivity index (χ1) is 8.69. The molecule has 1 aliphatic rings. The molecule has 1 saturated carbocycles. The Morgan fingerprint density at radius 3 is 2.61 bits per heavy atom. The summed E-state index contributed by atoms with van der Waals surface area (Å²) in [6, 6.07) is 0.341. The molecule has 0 aliphatic heterocycles. The van der Waals surface area contributed by atoms with Gasteiger partial charge < -0.3 is 14.7 Å². The zero-order valence-corrected chi connectivity index (χ0v) is 11.7. The highest BCUT2D eigenvalue weighted by Gasteiger charge is 2.25. The molecule has 4 heteroatoms. The van der Waals surface area contributed by atoms with Crippen molar-refractivity contribution in [3.63, 3.8) is 0 Å². The molecule has 0 aromatic rings. The monoisotopic (exact) mass is 257 g/mol. The lowest BCUT2D eigenvalue weighted by Gasteiger charge is -2.34. The minimum Gasteiger partial charge on any atom is -0.395 e. The average molecular weight is 257 g/mol. The van der Waals surface area contributed by atoms with Gasteiger partial charge in [0.25, 0.3) is 0 Å². The summed E-state index contributed by atoms with van der Waals surface area (Å²) in [5, 5.41) is 9.14. The van der Waals surface area contributed by atoms with Gasteiger partial charge in [0.2, 0.25) is 5.91 Å². The van der Waals surface area contributed by atoms with E-state index in [1.807, 2.05) is 11.8 Å². The van der Waals surface area contributed by atoms with Gasteiger partial charge in [-0.25, -0.2) is 0 Å². The van der Waals surface area contributed by atoms with E-state index in [0.717, 1.165) is 12.8 Å². The van der Waals surface area contributed by atoms with E-state index in [1.165, 1.54) is 19.3 Å². The lowest BCUT2D eigenvalue weighted by atomic mass is 9.93. The summed E-state index contributed by atoms with van der Waals surface area (Å²) in [5.41, 5.74) is 0. The number of nitrogens with zero attached hydrogens (tertiary/aromatic N) is 1. The number of carbonyl (C=O) groups excluding carboxylic acids is 1. The van der Waals surface area contributed by atoms with Crippen molar-refractivity contribution in [3.8, 4) is 0 Å². The fourth-order valence-corrected chi connectivity index (χ4v) is 2.77. The van der Waals surface area contributed by atoms with Crippen molar-refractivity contribution >= 4 is 5.91 Å². The molecule has 1 N–H and O–H groups in total. The van der Waals surface area contributed by atoms with E-state index in [2.05, 4.69) is 0 Å². The van der Waals surface area contributed by atoms with Gasteiger partial charge in [-0.2, -0.15) is 0 Å². The van der Waals surface area contributed by atoms with Crippen molar-refractivity contribution in [3.05, 3.63) is 0 Å². The quantitative estimate of drug-likeness (QED) is 0.757. The predicted molar refractivity (Wildman–Crippen MR) is 71.3 cm³/mol. The van der Waals surface area contributed by atoms with Crippen LogP contribution in [0.4, 0.5) is 0 Å². The fourth-order valence-electron chi connectivity index (χ4n) is 2.77. The lowest BCUT2D eigenvalue weighted by Crippen LogP contribution is -2.43. The topological polar surface area (TPSA) is 49.8 Å². The zero-order valence-electron chi connectivity index (χ0n) is 11.7. The average Bonchev–Trinajstić information content (AvgIpc) is 2.37. The zero-order chi connectivity index (χ0) is 13.4. The Morgan fingerprint density at radius 2 is 2.06 bits per heavy atom. The molecular formula is C14H27NO3. The second-order valence-corrected chi connectivity index (χ2v) is 5.37. The number of methoxy groups -OCH3 is 1. The second kappa shape index (κ2) is 8.48. The first kappa shape index (κ1) is 15.4.